The summed E-state index contributed by atoms with van der Waals surface area (Å²) >= 11 is 5.47. The molecule has 7 rings (SSSR count). The summed E-state index contributed by atoms with van der Waals surface area (Å²) in [7, 11) is 3.46. The highest BCUT2D eigenvalue weighted by Gasteiger charge is 2.27. The first-order valence-electron chi connectivity index (χ1n) is 17.9. The van der Waals surface area contributed by atoms with Gasteiger partial charge >= 0.3 is 0 Å². The minimum atomic E-state index is 0.0250. The zero-order valence-corrected chi connectivity index (χ0v) is 33.9. The molecule has 0 spiro atoms. The third-order valence-corrected chi connectivity index (χ3v) is 13.2. The second kappa shape index (κ2) is 15.7. The largest absolute Gasteiger partial charge is 0.496 e. The Bertz CT molecular complexity index is 2180. The molecule has 0 saturated heterocycles. The van der Waals surface area contributed by atoms with Crippen LogP contribution in [0.25, 0.3) is 62.6 Å². The highest BCUT2D eigenvalue weighted by molar-refractivity contribution is 7.28. The van der Waals surface area contributed by atoms with Crippen LogP contribution in [0.4, 0.5) is 0 Å². The van der Waals surface area contributed by atoms with Gasteiger partial charge in [-0.25, -0.2) is 0 Å². The lowest BCUT2D eigenvalue weighted by molar-refractivity contribution is 0.242. The monoisotopic (exact) mass is 756 g/mol. The number of methoxy groups -OCH3 is 2. The molecule has 0 N–H and O–H groups in total. The summed E-state index contributed by atoms with van der Waals surface area (Å²) in [6.07, 6.45) is 0.0500. The lowest BCUT2D eigenvalue weighted by Crippen LogP contribution is -2.06. The number of rotatable bonds is 12. The van der Waals surface area contributed by atoms with E-state index in [0.717, 1.165) is 43.9 Å². The second-order valence-electron chi connectivity index (χ2n) is 13.4. The molecule has 3 aromatic heterocycles. The zero-order chi connectivity index (χ0) is 37.2. The summed E-state index contributed by atoms with van der Waals surface area (Å²) in [4.78, 5) is 7.22. The fourth-order valence-electron chi connectivity index (χ4n) is 6.61. The van der Waals surface area contributed by atoms with Crippen LogP contribution < -0.4 is 18.9 Å². The summed E-state index contributed by atoms with van der Waals surface area (Å²) < 4.78 is 24.6. The van der Waals surface area contributed by atoms with Crippen LogP contribution in [0.15, 0.2) is 109 Å². The number of ether oxygens (including phenoxy) is 4. The molecular weight excluding hydrogens is 713 g/mol. The van der Waals surface area contributed by atoms with Gasteiger partial charge in [0.2, 0.25) is 0 Å². The molecule has 0 aliphatic carbocycles. The van der Waals surface area contributed by atoms with Gasteiger partial charge in [0.25, 0.3) is 0 Å². The number of hydrogen-bond donors (Lipinski definition) is 0. The van der Waals surface area contributed by atoms with Crippen molar-refractivity contribution < 1.29 is 18.9 Å². The van der Waals surface area contributed by atoms with Crippen LogP contribution in [0.2, 0.25) is 0 Å². The molecule has 3 heterocycles. The molecule has 4 nitrogen and oxygen atoms in total. The van der Waals surface area contributed by atoms with Crippen molar-refractivity contribution in [3.8, 4) is 85.6 Å². The van der Waals surface area contributed by atoms with Gasteiger partial charge in [0.05, 0.1) is 47.3 Å². The van der Waals surface area contributed by atoms with Crippen LogP contribution in [0.1, 0.15) is 38.8 Å². The molecule has 0 atom stereocenters. The molecule has 0 bridgehead atoms. The molecule has 53 heavy (non-hydrogen) atoms. The molecule has 0 radical (unpaired) electrons. The minimum Gasteiger partial charge on any atom is -0.496 e. The molecule has 0 unspecified atom stereocenters. The van der Waals surface area contributed by atoms with Gasteiger partial charge < -0.3 is 18.9 Å². The number of benzene rings is 4. The Morgan fingerprint density at radius 2 is 0.811 bits per heavy atom. The van der Waals surface area contributed by atoms with Gasteiger partial charge in [-0.1, -0.05) is 72.8 Å². The first-order valence-corrected chi connectivity index (χ1v) is 20.3. The lowest BCUT2D eigenvalue weighted by Gasteiger charge is -2.16. The highest BCUT2D eigenvalue weighted by atomic mass is 32.1. The van der Waals surface area contributed by atoms with Gasteiger partial charge in [0, 0.05) is 30.6 Å². The average Bonchev–Trinajstić information content (AvgIpc) is 3.87. The summed E-state index contributed by atoms with van der Waals surface area (Å²) in [6.45, 7) is 12.8. The van der Waals surface area contributed by atoms with Crippen LogP contribution in [0.3, 0.4) is 0 Å². The second-order valence-corrected chi connectivity index (χ2v) is 16.6. The Labute approximate surface area is 325 Å². The van der Waals surface area contributed by atoms with Crippen LogP contribution >= 0.6 is 34.0 Å². The predicted octanol–water partition coefficient (Wildman–Crippen LogP) is 14.1. The molecule has 270 valence electrons. The zero-order valence-electron chi connectivity index (χ0n) is 31.4. The van der Waals surface area contributed by atoms with E-state index in [0.29, 0.717) is 0 Å². The van der Waals surface area contributed by atoms with E-state index in [1.807, 2.05) is 47.7 Å². The van der Waals surface area contributed by atoms with Crippen molar-refractivity contribution in [2.24, 2.45) is 0 Å². The Morgan fingerprint density at radius 1 is 0.434 bits per heavy atom. The lowest BCUT2D eigenvalue weighted by atomic mass is 10.0. The van der Waals surface area contributed by atoms with Gasteiger partial charge in [-0.2, -0.15) is 0 Å². The molecule has 0 amide bonds. The van der Waals surface area contributed by atoms with Gasteiger partial charge in [0.15, 0.2) is 0 Å². The average molecular weight is 757 g/mol. The minimum absolute atomic E-state index is 0.0250. The van der Waals surface area contributed by atoms with E-state index in [-0.39, 0.29) is 12.2 Å². The standard InChI is InChI=1S/C46H44O4S3/c1-27(2)49-37-23-15-21-35(47-7)41(37)39-25-33(31-17-11-9-12-18-31)45(51-39)43-29(5)30(6)44(53-43)46-34(32-19-13-10-14-20-32)26-40(52-46)42-36(48-8)22-16-24-38(42)50-28(3)4/h9-28H,1-8H3. The third kappa shape index (κ3) is 7.26. The predicted molar refractivity (Wildman–Crippen MR) is 227 cm³/mol. The fourth-order valence-corrected chi connectivity index (χ4v) is 10.8. The summed E-state index contributed by atoms with van der Waals surface area (Å²) in [6, 6.07) is 38.1. The molecule has 0 saturated carbocycles. The summed E-state index contributed by atoms with van der Waals surface area (Å²) in [5.41, 5.74) is 9.27. The fraction of sp³-hybridized carbons (Fsp3) is 0.217. The molecule has 0 aliphatic heterocycles. The van der Waals surface area contributed by atoms with Gasteiger partial charge in [-0.15, -0.1) is 34.0 Å². The van der Waals surface area contributed by atoms with Crippen LogP contribution in [-0.2, 0) is 0 Å². The van der Waals surface area contributed by atoms with Crippen LogP contribution in [0, 0.1) is 13.8 Å². The van der Waals surface area contributed by atoms with Crippen molar-refractivity contribution in [2.45, 2.75) is 53.8 Å². The first kappa shape index (κ1) is 36.5. The van der Waals surface area contributed by atoms with E-state index < -0.39 is 0 Å². The maximum atomic E-state index is 6.36. The Kier molecular flexibility index (Phi) is 10.8. The van der Waals surface area contributed by atoms with Gasteiger partial charge in [-0.3, -0.25) is 0 Å². The van der Waals surface area contributed by atoms with E-state index in [1.165, 1.54) is 52.9 Å². The van der Waals surface area contributed by atoms with E-state index in [4.69, 9.17) is 18.9 Å². The van der Waals surface area contributed by atoms with Crippen molar-refractivity contribution in [3.05, 3.63) is 120 Å². The van der Waals surface area contributed by atoms with Crippen molar-refractivity contribution in [2.75, 3.05) is 14.2 Å². The molecule has 4 aromatic carbocycles. The van der Waals surface area contributed by atoms with E-state index in [1.54, 1.807) is 36.9 Å². The molecule has 7 aromatic rings. The molecule has 0 fully saturated rings. The van der Waals surface area contributed by atoms with Gasteiger partial charge in [-0.05, 0) is 100 Å². The van der Waals surface area contributed by atoms with Gasteiger partial charge in [0.1, 0.15) is 23.0 Å². The number of thiophene rings is 3. The SMILES string of the molecule is COc1cccc(OC(C)C)c1-c1cc(-c2ccccc2)c(-c2sc(-c3sc(-c4c(OC)cccc4OC(C)C)cc3-c3ccccc3)c(C)c2C)s1. The molecular formula is C46H44O4S3. The third-order valence-electron chi connectivity index (χ3n) is 9.13. The van der Waals surface area contributed by atoms with Crippen molar-refractivity contribution in [1.29, 1.82) is 0 Å². The smallest absolute Gasteiger partial charge is 0.132 e. The molecule has 7 heteroatoms. The first-order chi connectivity index (χ1) is 25.7. The van der Waals surface area contributed by atoms with Crippen LogP contribution in [0.5, 0.6) is 23.0 Å². The topological polar surface area (TPSA) is 36.9 Å². The summed E-state index contributed by atoms with van der Waals surface area (Å²) in [5, 5.41) is 0. The maximum Gasteiger partial charge on any atom is 0.132 e. The highest BCUT2D eigenvalue weighted by Crippen LogP contribution is 2.56. The maximum absolute atomic E-state index is 6.36. The van der Waals surface area contributed by atoms with Crippen LogP contribution in [-0.4, -0.2) is 26.4 Å². The van der Waals surface area contributed by atoms with E-state index in [2.05, 4.69) is 114 Å². The van der Waals surface area contributed by atoms with E-state index >= 15 is 0 Å². The van der Waals surface area contributed by atoms with Crippen molar-refractivity contribution in [3.63, 3.8) is 0 Å². The Morgan fingerprint density at radius 3 is 1.17 bits per heavy atom. The summed E-state index contributed by atoms with van der Waals surface area (Å²) in [5.74, 6) is 3.24. The normalized spacial score (nSPS) is 11.4. The Hall–Kier alpha value is -4.82. The molecule has 0 aliphatic rings. The Balaban J connectivity index is 1.45. The van der Waals surface area contributed by atoms with Crippen molar-refractivity contribution in [1.82, 2.24) is 0 Å². The van der Waals surface area contributed by atoms with E-state index in [9.17, 15) is 0 Å². The van der Waals surface area contributed by atoms with Crippen molar-refractivity contribution >= 4 is 34.0 Å². The quantitative estimate of drug-likeness (QED) is 0.124. The number of hydrogen-bond acceptors (Lipinski definition) is 7.